The van der Waals surface area contributed by atoms with Crippen molar-refractivity contribution in [1.82, 2.24) is 15.1 Å². The van der Waals surface area contributed by atoms with E-state index in [9.17, 15) is 18.4 Å². The predicted molar refractivity (Wildman–Crippen MR) is 75.8 cm³/mol. The van der Waals surface area contributed by atoms with Gasteiger partial charge in [0.15, 0.2) is 0 Å². The Morgan fingerprint density at radius 1 is 1.41 bits per heavy atom. The average Bonchev–Trinajstić information content (AvgIpc) is 2.80. The first-order chi connectivity index (χ1) is 10.3. The third kappa shape index (κ3) is 4.51. The zero-order valence-electron chi connectivity index (χ0n) is 12.8. The molecule has 0 bridgehead atoms. The largest absolute Gasteiger partial charge is 0.480 e. The van der Waals surface area contributed by atoms with Crippen LogP contribution in [0, 0.1) is 5.92 Å². The molecule has 1 amide bonds. The molecule has 0 aromatic carbocycles. The number of carboxylic acids is 1. The Morgan fingerprint density at radius 3 is 2.50 bits per heavy atom. The number of aliphatic carboxylic acids is 1. The summed E-state index contributed by atoms with van der Waals surface area (Å²) in [6.07, 6.45) is -1.03. The highest BCUT2D eigenvalue weighted by Gasteiger charge is 2.27. The van der Waals surface area contributed by atoms with Crippen molar-refractivity contribution in [1.29, 1.82) is 0 Å². The number of alkyl halides is 2. The molecule has 0 spiro atoms. The Morgan fingerprint density at radius 2 is 2.05 bits per heavy atom. The third-order valence-electron chi connectivity index (χ3n) is 3.05. The van der Waals surface area contributed by atoms with E-state index in [4.69, 9.17) is 5.11 Å². The zero-order valence-corrected chi connectivity index (χ0v) is 12.8. The van der Waals surface area contributed by atoms with Gasteiger partial charge in [0.25, 0.3) is 12.3 Å². The molecule has 0 fully saturated rings. The van der Waals surface area contributed by atoms with Crippen LogP contribution in [-0.4, -0.2) is 32.8 Å². The normalized spacial score (nSPS) is 12.7. The minimum absolute atomic E-state index is 0.0835. The van der Waals surface area contributed by atoms with Crippen LogP contribution in [0.2, 0.25) is 0 Å². The van der Waals surface area contributed by atoms with Gasteiger partial charge in [0.1, 0.15) is 11.7 Å². The SMILES string of the molecule is CCCC(NC(=O)c1cnn(CC(C)C)c1C(F)F)C(=O)O. The van der Waals surface area contributed by atoms with Crippen molar-refractivity contribution < 1.29 is 23.5 Å². The molecule has 1 aromatic heterocycles. The van der Waals surface area contributed by atoms with Gasteiger partial charge in [-0.2, -0.15) is 5.10 Å². The number of nitrogens with zero attached hydrogens (tertiary/aromatic N) is 2. The summed E-state index contributed by atoms with van der Waals surface area (Å²) in [6, 6.07) is -1.10. The molecule has 1 rings (SSSR count). The fourth-order valence-electron chi connectivity index (χ4n) is 2.07. The van der Waals surface area contributed by atoms with Gasteiger partial charge in [-0.15, -0.1) is 0 Å². The summed E-state index contributed by atoms with van der Waals surface area (Å²) in [5, 5.41) is 15.1. The highest BCUT2D eigenvalue weighted by Crippen LogP contribution is 2.24. The lowest BCUT2D eigenvalue weighted by molar-refractivity contribution is -0.139. The van der Waals surface area contributed by atoms with E-state index in [0.717, 1.165) is 10.9 Å². The monoisotopic (exact) mass is 317 g/mol. The Hall–Kier alpha value is -1.99. The second-order valence-corrected chi connectivity index (χ2v) is 5.47. The summed E-state index contributed by atoms with van der Waals surface area (Å²) < 4.78 is 27.5. The van der Waals surface area contributed by atoms with Crippen molar-refractivity contribution in [3.8, 4) is 0 Å². The summed E-state index contributed by atoms with van der Waals surface area (Å²) in [4.78, 5) is 23.1. The maximum atomic E-state index is 13.2. The minimum atomic E-state index is -2.86. The number of carboxylic acid groups (broad SMARTS) is 1. The van der Waals surface area contributed by atoms with Gasteiger partial charge in [0.05, 0.1) is 11.8 Å². The molecule has 0 saturated carbocycles. The lowest BCUT2D eigenvalue weighted by atomic mass is 10.1. The highest BCUT2D eigenvalue weighted by atomic mass is 19.3. The van der Waals surface area contributed by atoms with Crippen molar-refractivity contribution in [3.63, 3.8) is 0 Å². The van der Waals surface area contributed by atoms with E-state index >= 15 is 0 Å². The third-order valence-corrected chi connectivity index (χ3v) is 3.05. The number of amides is 1. The van der Waals surface area contributed by atoms with Crippen molar-refractivity contribution in [2.24, 2.45) is 5.92 Å². The number of nitrogens with one attached hydrogen (secondary N) is 1. The number of hydrogen-bond acceptors (Lipinski definition) is 3. The fourth-order valence-corrected chi connectivity index (χ4v) is 2.07. The maximum absolute atomic E-state index is 13.2. The molecule has 0 aliphatic heterocycles. The number of carbonyl (C=O) groups excluding carboxylic acids is 1. The van der Waals surface area contributed by atoms with Crippen LogP contribution in [0.25, 0.3) is 0 Å². The van der Waals surface area contributed by atoms with Crippen LogP contribution < -0.4 is 5.32 Å². The number of hydrogen-bond donors (Lipinski definition) is 2. The molecule has 0 aliphatic carbocycles. The minimum Gasteiger partial charge on any atom is -0.480 e. The highest BCUT2D eigenvalue weighted by molar-refractivity contribution is 5.97. The molecule has 1 aromatic rings. The van der Waals surface area contributed by atoms with Gasteiger partial charge >= 0.3 is 5.97 Å². The molecule has 8 heteroatoms. The van der Waals surface area contributed by atoms with Crippen LogP contribution in [0.5, 0.6) is 0 Å². The number of halogens is 2. The Kier molecular flexibility index (Phi) is 6.45. The van der Waals surface area contributed by atoms with Gasteiger partial charge in [-0.25, -0.2) is 13.6 Å². The van der Waals surface area contributed by atoms with Crippen LogP contribution in [0.15, 0.2) is 6.20 Å². The summed E-state index contributed by atoms with van der Waals surface area (Å²) in [5.74, 6) is -1.95. The second-order valence-electron chi connectivity index (χ2n) is 5.47. The molecule has 1 unspecified atom stereocenters. The van der Waals surface area contributed by atoms with E-state index in [1.54, 1.807) is 6.92 Å². The Bertz CT molecular complexity index is 529. The molecule has 0 radical (unpaired) electrons. The average molecular weight is 317 g/mol. The summed E-state index contributed by atoms with van der Waals surface area (Å²) in [6.45, 7) is 5.72. The van der Waals surface area contributed by atoms with E-state index in [1.807, 2.05) is 13.8 Å². The molecular weight excluding hydrogens is 296 g/mol. The maximum Gasteiger partial charge on any atom is 0.326 e. The molecule has 124 valence electrons. The van der Waals surface area contributed by atoms with E-state index in [2.05, 4.69) is 10.4 Å². The van der Waals surface area contributed by atoms with E-state index in [0.29, 0.717) is 6.42 Å². The van der Waals surface area contributed by atoms with E-state index in [1.165, 1.54) is 0 Å². The standard InChI is InChI=1S/C14H21F2N3O3/c1-4-5-10(14(21)22)18-13(20)9-6-17-19(7-8(2)3)11(9)12(15)16/h6,8,10,12H,4-5,7H2,1-3H3,(H,18,20)(H,21,22). The van der Waals surface area contributed by atoms with Crippen LogP contribution in [0.3, 0.4) is 0 Å². The van der Waals surface area contributed by atoms with Crippen LogP contribution in [-0.2, 0) is 11.3 Å². The number of carbonyl (C=O) groups is 2. The summed E-state index contributed by atoms with van der Waals surface area (Å²) in [7, 11) is 0. The quantitative estimate of drug-likeness (QED) is 0.771. The Labute approximate surface area is 127 Å². The van der Waals surface area contributed by atoms with Gasteiger partial charge in [-0.1, -0.05) is 27.2 Å². The smallest absolute Gasteiger partial charge is 0.326 e. The molecule has 0 aliphatic rings. The fraction of sp³-hybridized carbons (Fsp3) is 0.643. The molecule has 2 N–H and O–H groups in total. The lowest BCUT2D eigenvalue weighted by Crippen LogP contribution is -2.40. The molecule has 1 heterocycles. The first-order valence-electron chi connectivity index (χ1n) is 7.15. The topological polar surface area (TPSA) is 84.2 Å². The van der Waals surface area contributed by atoms with E-state index < -0.39 is 30.0 Å². The number of aromatic nitrogens is 2. The van der Waals surface area contributed by atoms with Gasteiger partial charge < -0.3 is 10.4 Å². The van der Waals surface area contributed by atoms with Gasteiger partial charge in [-0.3, -0.25) is 9.48 Å². The molecule has 0 saturated heterocycles. The van der Waals surface area contributed by atoms with Gasteiger partial charge in [0, 0.05) is 6.54 Å². The van der Waals surface area contributed by atoms with Crippen molar-refractivity contribution >= 4 is 11.9 Å². The summed E-state index contributed by atoms with van der Waals surface area (Å²) >= 11 is 0. The van der Waals surface area contributed by atoms with Crippen molar-refractivity contribution in [2.45, 2.75) is 52.6 Å². The second kappa shape index (κ2) is 7.86. The van der Waals surface area contributed by atoms with Crippen LogP contribution in [0.1, 0.15) is 56.1 Å². The lowest BCUT2D eigenvalue weighted by Gasteiger charge is -2.14. The zero-order chi connectivity index (χ0) is 16.9. The van der Waals surface area contributed by atoms with Gasteiger partial charge in [-0.05, 0) is 12.3 Å². The first-order valence-corrected chi connectivity index (χ1v) is 7.15. The van der Waals surface area contributed by atoms with Crippen molar-refractivity contribution in [3.05, 3.63) is 17.5 Å². The molecular formula is C14H21F2N3O3. The molecule has 1 atom stereocenters. The number of rotatable bonds is 8. The van der Waals surface area contributed by atoms with E-state index in [-0.39, 0.29) is 24.4 Å². The Balaban J connectivity index is 3.02. The molecule has 22 heavy (non-hydrogen) atoms. The van der Waals surface area contributed by atoms with Gasteiger partial charge in [0.2, 0.25) is 0 Å². The van der Waals surface area contributed by atoms with Crippen LogP contribution >= 0.6 is 0 Å². The first kappa shape index (κ1) is 18.1. The summed E-state index contributed by atoms with van der Waals surface area (Å²) in [5.41, 5.74) is -0.759. The van der Waals surface area contributed by atoms with Crippen LogP contribution in [0.4, 0.5) is 8.78 Å². The van der Waals surface area contributed by atoms with Crippen molar-refractivity contribution in [2.75, 3.05) is 0 Å². The predicted octanol–water partition coefficient (Wildman–Crippen LogP) is 2.46. The molecule has 6 nitrogen and oxygen atoms in total.